The first-order valence-electron chi connectivity index (χ1n) is 7.15. The lowest BCUT2D eigenvalue weighted by Crippen LogP contribution is -2.14. The van der Waals surface area contributed by atoms with Crippen LogP contribution in [-0.2, 0) is 0 Å². The van der Waals surface area contributed by atoms with Crippen LogP contribution in [0.5, 0.6) is 0 Å². The summed E-state index contributed by atoms with van der Waals surface area (Å²) in [7, 11) is 0. The lowest BCUT2D eigenvalue weighted by atomic mass is 10.2. The van der Waals surface area contributed by atoms with Crippen molar-refractivity contribution in [1.29, 1.82) is 0 Å². The number of halogens is 1. The number of hydrogen-bond acceptors (Lipinski definition) is 6. The molecular weight excluding hydrogens is 424 g/mol. The first kappa shape index (κ1) is 16.2. The molecule has 0 saturated heterocycles. The van der Waals surface area contributed by atoms with E-state index in [2.05, 4.69) is 26.2 Å². The molecule has 3 aromatic heterocycles. The Morgan fingerprint density at radius 3 is 2.84 bits per heavy atom. The van der Waals surface area contributed by atoms with Gasteiger partial charge in [0, 0.05) is 11.4 Å². The summed E-state index contributed by atoms with van der Waals surface area (Å²) in [6.45, 7) is 0. The number of thiophene rings is 1. The minimum absolute atomic E-state index is 0.0423. The predicted molar refractivity (Wildman–Crippen MR) is 104 cm³/mol. The SMILES string of the molecule is O=C(Nc1nc(-c2ccc(Br)s2)cs1)c1cc(=O)c2ccccc2o1. The lowest BCUT2D eigenvalue weighted by molar-refractivity contribution is 0.0997. The van der Waals surface area contributed by atoms with Crippen LogP contribution in [0.15, 0.2) is 60.8 Å². The number of anilines is 1. The average molecular weight is 433 g/mol. The van der Waals surface area contributed by atoms with Crippen molar-refractivity contribution >= 4 is 60.6 Å². The molecule has 1 amide bonds. The zero-order chi connectivity index (χ0) is 17.4. The molecule has 0 unspecified atom stereocenters. The van der Waals surface area contributed by atoms with Gasteiger partial charge in [-0.05, 0) is 40.2 Å². The summed E-state index contributed by atoms with van der Waals surface area (Å²) in [6, 6.07) is 11.9. The molecule has 0 spiro atoms. The van der Waals surface area contributed by atoms with Crippen LogP contribution < -0.4 is 10.7 Å². The first-order valence-corrected chi connectivity index (χ1v) is 9.64. The Morgan fingerprint density at radius 2 is 2.04 bits per heavy atom. The zero-order valence-corrected chi connectivity index (χ0v) is 15.7. The van der Waals surface area contributed by atoms with E-state index in [0.717, 1.165) is 14.4 Å². The molecule has 0 aliphatic rings. The maximum Gasteiger partial charge on any atom is 0.293 e. The molecule has 0 fully saturated rings. The highest BCUT2D eigenvalue weighted by Gasteiger charge is 2.15. The van der Waals surface area contributed by atoms with Gasteiger partial charge in [0.1, 0.15) is 5.58 Å². The minimum atomic E-state index is -0.504. The largest absolute Gasteiger partial charge is 0.451 e. The van der Waals surface area contributed by atoms with E-state index in [1.54, 1.807) is 35.6 Å². The topological polar surface area (TPSA) is 72.2 Å². The molecule has 0 atom stereocenters. The number of rotatable bonds is 3. The van der Waals surface area contributed by atoms with Gasteiger partial charge in [0.05, 0.1) is 19.7 Å². The van der Waals surface area contributed by atoms with Gasteiger partial charge >= 0.3 is 0 Å². The number of aromatic nitrogens is 1. The summed E-state index contributed by atoms with van der Waals surface area (Å²) >= 11 is 6.29. The lowest BCUT2D eigenvalue weighted by Gasteiger charge is -2.02. The number of hydrogen-bond donors (Lipinski definition) is 1. The number of para-hydroxylation sites is 1. The van der Waals surface area contributed by atoms with Gasteiger partial charge in [-0.25, -0.2) is 4.98 Å². The van der Waals surface area contributed by atoms with Crippen molar-refractivity contribution in [3.63, 3.8) is 0 Å². The number of fused-ring (bicyclic) bond motifs is 1. The summed E-state index contributed by atoms with van der Waals surface area (Å²) < 4.78 is 6.55. The molecule has 1 aromatic carbocycles. The third-order valence-electron chi connectivity index (χ3n) is 3.41. The Labute approximate surface area is 158 Å². The van der Waals surface area contributed by atoms with Crippen LogP contribution in [0.25, 0.3) is 21.5 Å². The molecule has 25 heavy (non-hydrogen) atoms. The highest BCUT2D eigenvalue weighted by atomic mass is 79.9. The molecule has 0 saturated carbocycles. The Bertz CT molecular complexity index is 1150. The van der Waals surface area contributed by atoms with Gasteiger partial charge in [-0.3, -0.25) is 14.9 Å². The molecule has 1 N–H and O–H groups in total. The van der Waals surface area contributed by atoms with E-state index < -0.39 is 5.91 Å². The van der Waals surface area contributed by atoms with Gasteiger partial charge in [0.25, 0.3) is 5.91 Å². The number of benzene rings is 1. The number of amides is 1. The van der Waals surface area contributed by atoms with Crippen molar-refractivity contribution in [2.24, 2.45) is 0 Å². The van der Waals surface area contributed by atoms with Crippen LogP contribution in [-0.4, -0.2) is 10.9 Å². The van der Waals surface area contributed by atoms with Gasteiger partial charge in [-0.1, -0.05) is 12.1 Å². The van der Waals surface area contributed by atoms with E-state index >= 15 is 0 Å². The molecule has 0 aliphatic heterocycles. The number of carbonyl (C=O) groups excluding carboxylic acids is 1. The number of nitrogens with one attached hydrogen (secondary N) is 1. The fourth-order valence-corrected chi connectivity index (χ4v) is 4.40. The number of nitrogens with zero attached hydrogens (tertiary/aromatic N) is 1. The van der Waals surface area contributed by atoms with Crippen molar-refractivity contribution in [2.45, 2.75) is 0 Å². The average Bonchev–Trinajstić information content (AvgIpc) is 3.23. The Balaban J connectivity index is 1.60. The maximum atomic E-state index is 12.4. The maximum absolute atomic E-state index is 12.4. The van der Waals surface area contributed by atoms with E-state index in [1.165, 1.54) is 17.4 Å². The second-order valence-electron chi connectivity index (χ2n) is 5.07. The highest BCUT2D eigenvalue weighted by molar-refractivity contribution is 9.11. The summed E-state index contributed by atoms with van der Waals surface area (Å²) in [5.41, 5.74) is 0.912. The van der Waals surface area contributed by atoms with Crippen molar-refractivity contribution in [3.05, 3.63) is 67.6 Å². The normalized spacial score (nSPS) is 10.9. The van der Waals surface area contributed by atoms with Crippen LogP contribution in [0.2, 0.25) is 0 Å². The van der Waals surface area contributed by atoms with Crippen LogP contribution in [0.4, 0.5) is 5.13 Å². The summed E-state index contributed by atoms with van der Waals surface area (Å²) in [5.74, 6) is -0.546. The molecule has 0 radical (unpaired) electrons. The molecule has 8 heteroatoms. The van der Waals surface area contributed by atoms with Crippen molar-refractivity contribution in [3.8, 4) is 10.6 Å². The van der Waals surface area contributed by atoms with Gasteiger partial charge in [-0.15, -0.1) is 22.7 Å². The third kappa shape index (κ3) is 3.28. The summed E-state index contributed by atoms with van der Waals surface area (Å²) in [5, 5.41) is 5.43. The van der Waals surface area contributed by atoms with Crippen LogP contribution >= 0.6 is 38.6 Å². The highest BCUT2D eigenvalue weighted by Crippen LogP contribution is 2.33. The van der Waals surface area contributed by atoms with Gasteiger partial charge < -0.3 is 4.42 Å². The fraction of sp³-hybridized carbons (Fsp3) is 0. The molecule has 5 nitrogen and oxygen atoms in total. The molecule has 4 aromatic rings. The third-order valence-corrected chi connectivity index (χ3v) is 5.81. The number of thiazole rings is 1. The standard InChI is InChI=1S/C17H9BrN2O3S2/c18-15-6-5-14(25-15)10-8-24-17(19-10)20-16(22)13-7-11(21)9-3-1-2-4-12(9)23-13/h1-8H,(H,19,20,22). The zero-order valence-electron chi connectivity index (χ0n) is 12.5. The van der Waals surface area contributed by atoms with E-state index in [-0.39, 0.29) is 11.2 Å². The Kier molecular flexibility index (Phi) is 4.24. The smallest absolute Gasteiger partial charge is 0.293 e. The van der Waals surface area contributed by atoms with Gasteiger partial charge in [0.15, 0.2) is 16.3 Å². The van der Waals surface area contributed by atoms with Crippen LogP contribution in [0.3, 0.4) is 0 Å². The first-order chi connectivity index (χ1) is 12.1. The van der Waals surface area contributed by atoms with E-state index in [4.69, 9.17) is 4.42 Å². The van der Waals surface area contributed by atoms with Crippen molar-refractivity contribution in [1.82, 2.24) is 4.98 Å². The summed E-state index contributed by atoms with van der Waals surface area (Å²) in [4.78, 5) is 29.9. The second-order valence-corrected chi connectivity index (χ2v) is 8.39. The van der Waals surface area contributed by atoms with Crippen molar-refractivity contribution in [2.75, 3.05) is 5.32 Å². The predicted octanol–water partition coefficient (Wildman–Crippen LogP) is 4.99. The molecular formula is C17H9BrN2O3S2. The van der Waals surface area contributed by atoms with E-state index in [0.29, 0.717) is 16.1 Å². The molecule has 0 aliphatic carbocycles. The monoisotopic (exact) mass is 432 g/mol. The Morgan fingerprint density at radius 1 is 1.20 bits per heavy atom. The van der Waals surface area contributed by atoms with Gasteiger partial charge in [0.2, 0.25) is 0 Å². The van der Waals surface area contributed by atoms with E-state index in [1.807, 2.05) is 17.5 Å². The molecule has 0 bridgehead atoms. The van der Waals surface area contributed by atoms with Crippen LogP contribution in [0.1, 0.15) is 10.6 Å². The van der Waals surface area contributed by atoms with Gasteiger partial charge in [-0.2, -0.15) is 0 Å². The fourth-order valence-electron chi connectivity index (χ4n) is 2.27. The van der Waals surface area contributed by atoms with Crippen LogP contribution in [0, 0.1) is 0 Å². The Hall–Kier alpha value is -2.29. The quantitative estimate of drug-likeness (QED) is 0.494. The minimum Gasteiger partial charge on any atom is -0.451 e. The number of carbonyl (C=O) groups is 1. The van der Waals surface area contributed by atoms with Crippen molar-refractivity contribution < 1.29 is 9.21 Å². The summed E-state index contributed by atoms with van der Waals surface area (Å²) in [6.07, 6.45) is 0. The van der Waals surface area contributed by atoms with E-state index in [9.17, 15) is 9.59 Å². The molecule has 4 rings (SSSR count). The second kappa shape index (κ2) is 6.55. The molecule has 124 valence electrons. The molecule has 3 heterocycles.